The van der Waals surface area contributed by atoms with E-state index < -0.39 is 0 Å². The fourth-order valence-electron chi connectivity index (χ4n) is 2.36. The van der Waals surface area contributed by atoms with Crippen molar-refractivity contribution in [3.63, 3.8) is 0 Å². The summed E-state index contributed by atoms with van der Waals surface area (Å²) in [4.78, 5) is 14.2. The van der Waals surface area contributed by atoms with Crippen molar-refractivity contribution in [3.8, 4) is 5.75 Å². The molecule has 0 saturated carbocycles. The molecule has 0 aliphatic carbocycles. The largest absolute Gasteiger partial charge is 0.507 e. The Morgan fingerprint density at radius 3 is 2.47 bits per heavy atom. The van der Waals surface area contributed by atoms with E-state index in [2.05, 4.69) is 5.32 Å². The van der Waals surface area contributed by atoms with Gasteiger partial charge in [-0.2, -0.15) is 0 Å². The summed E-state index contributed by atoms with van der Waals surface area (Å²) < 4.78 is 0. The van der Waals surface area contributed by atoms with E-state index in [4.69, 9.17) is 0 Å². The third-order valence-electron chi connectivity index (χ3n) is 3.48. The number of phenolic OH excluding ortho intramolecular Hbond substituents is 1. The minimum Gasteiger partial charge on any atom is -0.507 e. The second-order valence-electron chi connectivity index (χ2n) is 5.99. The molecule has 0 spiro atoms. The van der Waals surface area contributed by atoms with Crippen LogP contribution >= 0.6 is 0 Å². The highest BCUT2D eigenvalue weighted by Gasteiger charge is 2.25. The van der Waals surface area contributed by atoms with Crippen molar-refractivity contribution in [3.05, 3.63) is 29.3 Å². The summed E-state index contributed by atoms with van der Waals surface area (Å²) in [7, 11) is 0. The van der Waals surface area contributed by atoms with Crippen molar-refractivity contribution < 1.29 is 9.90 Å². The van der Waals surface area contributed by atoms with Crippen LogP contribution < -0.4 is 5.32 Å². The third kappa shape index (κ3) is 2.89. The lowest BCUT2D eigenvalue weighted by molar-refractivity contribution is 0.0732. The number of amides is 1. The van der Waals surface area contributed by atoms with Crippen LogP contribution in [0.25, 0.3) is 0 Å². The van der Waals surface area contributed by atoms with Crippen LogP contribution in [0.3, 0.4) is 0 Å². The van der Waals surface area contributed by atoms with E-state index in [9.17, 15) is 9.90 Å². The van der Waals surface area contributed by atoms with E-state index in [1.165, 1.54) is 0 Å². The molecular weight excluding hydrogens is 240 g/mol. The van der Waals surface area contributed by atoms with E-state index in [1.807, 2.05) is 32.9 Å². The van der Waals surface area contributed by atoms with Crippen molar-refractivity contribution in [2.45, 2.75) is 26.2 Å². The topological polar surface area (TPSA) is 52.6 Å². The van der Waals surface area contributed by atoms with Gasteiger partial charge in [0.25, 0.3) is 5.91 Å². The number of hydrogen-bond acceptors (Lipinski definition) is 3. The molecule has 0 aromatic heterocycles. The van der Waals surface area contributed by atoms with E-state index in [0.717, 1.165) is 18.7 Å². The fourth-order valence-corrected chi connectivity index (χ4v) is 2.36. The van der Waals surface area contributed by atoms with Gasteiger partial charge in [0, 0.05) is 31.7 Å². The minimum absolute atomic E-state index is 0.0786. The second-order valence-corrected chi connectivity index (χ2v) is 5.99. The van der Waals surface area contributed by atoms with E-state index in [-0.39, 0.29) is 17.1 Å². The average Bonchev–Trinajstić information content (AvgIpc) is 2.38. The lowest BCUT2D eigenvalue weighted by atomic mass is 9.85. The van der Waals surface area contributed by atoms with Crippen LogP contribution in [0, 0.1) is 0 Å². The number of nitrogens with zero attached hydrogens (tertiary/aromatic N) is 1. The number of piperazine rings is 1. The second kappa shape index (κ2) is 5.21. The quantitative estimate of drug-likeness (QED) is 0.810. The Bertz CT molecular complexity index is 472. The first kappa shape index (κ1) is 13.9. The molecular formula is C15H22N2O2. The third-order valence-corrected chi connectivity index (χ3v) is 3.48. The van der Waals surface area contributed by atoms with Crippen LogP contribution in [0.1, 0.15) is 36.7 Å². The highest BCUT2D eigenvalue weighted by atomic mass is 16.3. The van der Waals surface area contributed by atoms with Gasteiger partial charge in [0.2, 0.25) is 0 Å². The molecule has 2 rings (SSSR count). The summed E-state index contributed by atoms with van der Waals surface area (Å²) in [5, 5.41) is 13.6. The van der Waals surface area contributed by atoms with Crippen molar-refractivity contribution in [2.24, 2.45) is 0 Å². The molecule has 1 fully saturated rings. The van der Waals surface area contributed by atoms with Crippen LogP contribution in [-0.4, -0.2) is 42.1 Å². The van der Waals surface area contributed by atoms with Crippen LogP contribution in [0.4, 0.5) is 0 Å². The highest BCUT2D eigenvalue weighted by molar-refractivity contribution is 5.97. The van der Waals surface area contributed by atoms with Crippen LogP contribution in [-0.2, 0) is 5.41 Å². The zero-order valence-electron chi connectivity index (χ0n) is 11.9. The van der Waals surface area contributed by atoms with Crippen molar-refractivity contribution in [2.75, 3.05) is 26.2 Å². The Balaban J connectivity index is 2.32. The molecule has 1 saturated heterocycles. The lowest BCUT2D eigenvalue weighted by Crippen LogP contribution is -2.46. The SMILES string of the molecule is CC(C)(C)c1cccc(C(=O)N2CCNCC2)c1O. The number of aromatic hydroxyl groups is 1. The Hall–Kier alpha value is -1.55. The number of carbonyl (C=O) groups is 1. The van der Waals surface area contributed by atoms with E-state index in [1.54, 1.807) is 11.0 Å². The summed E-state index contributed by atoms with van der Waals surface area (Å²) in [6.07, 6.45) is 0. The lowest BCUT2D eigenvalue weighted by Gasteiger charge is -2.28. The number of benzene rings is 1. The molecule has 1 aromatic rings. The van der Waals surface area contributed by atoms with Gasteiger partial charge in [-0.15, -0.1) is 0 Å². The number of phenols is 1. The minimum atomic E-state index is -0.177. The predicted molar refractivity (Wildman–Crippen MR) is 75.6 cm³/mol. The molecule has 0 radical (unpaired) electrons. The molecule has 2 N–H and O–H groups in total. The van der Waals surface area contributed by atoms with Crippen LogP contribution in [0.15, 0.2) is 18.2 Å². The maximum absolute atomic E-state index is 12.4. The number of rotatable bonds is 1. The van der Waals surface area contributed by atoms with E-state index >= 15 is 0 Å². The Morgan fingerprint density at radius 1 is 1.26 bits per heavy atom. The van der Waals surface area contributed by atoms with Gasteiger partial charge >= 0.3 is 0 Å². The number of nitrogens with one attached hydrogen (secondary N) is 1. The van der Waals surface area contributed by atoms with Gasteiger partial charge in [-0.1, -0.05) is 32.9 Å². The zero-order valence-corrected chi connectivity index (χ0v) is 11.9. The summed E-state index contributed by atoms with van der Waals surface area (Å²) in [5.41, 5.74) is 1.05. The summed E-state index contributed by atoms with van der Waals surface area (Å²) in [6.45, 7) is 9.09. The summed E-state index contributed by atoms with van der Waals surface area (Å²) >= 11 is 0. The molecule has 0 bridgehead atoms. The Labute approximate surface area is 114 Å². The average molecular weight is 262 g/mol. The molecule has 1 aliphatic heterocycles. The van der Waals surface area contributed by atoms with Gasteiger partial charge in [-0.05, 0) is 11.5 Å². The molecule has 1 aromatic carbocycles. The molecule has 104 valence electrons. The molecule has 1 heterocycles. The predicted octanol–water partition coefficient (Wildman–Crippen LogP) is 1.74. The molecule has 1 amide bonds. The Kier molecular flexibility index (Phi) is 3.80. The first-order valence-corrected chi connectivity index (χ1v) is 6.73. The number of hydrogen-bond donors (Lipinski definition) is 2. The van der Waals surface area contributed by atoms with Gasteiger partial charge in [-0.25, -0.2) is 0 Å². The molecule has 0 unspecified atom stereocenters. The molecule has 1 aliphatic rings. The first-order chi connectivity index (χ1) is 8.91. The molecule has 19 heavy (non-hydrogen) atoms. The normalized spacial score (nSPS) is 16.5. The molecule has 4 nitrogen and oxygen atoms in total. The van der Waals surface area contributed by atoms with Crippen molar-refractivity contribution >= 4 is 5.91 Å². The zero-order chi connectivity index (χ0) is 14.0. The highest BCUT2D eigenvalue weighted by Crippen LogP contribution is 2.33. The maximum Gasteiger partial charge on any atom is 0.257 e. The smallest absolute Gasteiger partial charge is 0.257 e. The van der Waals surface area contributed by atoms with Gasteiger partial charge in [0.1, 0.15) is 5.75 Å². The van der Waals surface area contributed by atoms with Gasteiger partial charge < -0.3 is 15.3 Å². The van der Waals surface area contributed by atoms with Crippen LogP contribution in [0.2, 0.25) is 0 Å². The maximum atomic E-state index is 12.4. The molecule has 0 atom stereocenters. The monoisotopic (exact) mass is 262 g/mol. The van der Waals surface area contributed by atoms with E-state index in [0.29, 0.717) is 18.7 Å². The molecule has 4 heteroatoms. The van der Waals surface area contributed by atoms with Crippen molar-refractivity contribution in [1.82, 2.24) is 10.2 Å². The summed E-state index contributed by atoms with van der Waals surface area (Å²) in [5.74, 6) is 0.0450. The number of carbonyl (C=O) groups excluding carboxylic acids is 1. The van der Waals surface area contributed by atoms with Gasteiger partial charge in [-0.3, -0.25) is 4.79 Å². The first-order valence-electron chi connectivity index (χ1n) is 6.73. The summed E-state index contributed by atoms with van der Waals surface area (Å²) in [6, 6.07) is 5.43. The van der Waals surface area contributed by atoms with Gasteiger partial charge in [0.05, 0.1) is 5.56 Å². The van der Waals surface area contributed by atoms with Gasteiger partial charge in [0.15, 0.2) is 0 Å². The van der Waals surface area contributed by atoms with Crippen LogP contribution in [0.5, 0.6) is 5.75 Å². The fraction of sp³-hybridized carbons (Fsp3) is 0.533. The number of para-hydroxylation sites is 1. The standard InChI is InChI=1S/C15H22N2O2/c1-15(2,3)12-6-4-5-11(13(12)18)14(19)17-9-7-16-8-10-17/h4-6,16,18H,7-10H2,1-3H3. The Morgan fingerprint density at radius 2 is 1.89 bits per heavy atom. The van der Waals surface area contributed by atoms with Crippen molar-refractivity contribution in [1.29, 1.82) is 0 Å².